The highest BCUT2D eigenvalue weighted by atomic mass is 79.9. The number of aromatic nitrogens is 3. The van der Waals surface area contributed by atoms with Gasteiger partial charge in [-0.05, 0) is 29.3 Å². The van der Waals surface area contributed by atoms with E-state index in [1.54, 1.807) is 0 Å². The van der Waals surface area contributed by atoms with Crippen molar-refractivity contribution in [2.75, 3.05) is 0 Å². The second-order valence-corrected chi connectivity index (χ2v) is 4.80. The predicted octanol–water partition coefficient (Wildman–Crippen LogP) is 1.78. The Bertz CT molecular complexity index is 545. The molecule has 0 aliphatic rings. The van der Waals surface area contributed by atoms with Gasteiger partial charge >= 0.3 is 0 Å². The number of fused-ring (bicyclic) bond motifs is 1. The van der Waals surface area contributed by atoms with Crippen LogP contribution < -0.4 is 5.56 Å². The monoisotopic (exact) mass is 273 g/mol. The first-order chi connectivity index (χ1) is 6.63. The maximum Gasteiger partial charge on any atom is 0.289 e. The molecule has 6 heteroatoms. The molecule has 0 atom stereocenters. The van der Waals surface area contributed by atoms with E-state index < -0.39 is 0 Å². The minimum Gasteiger partial charge on any atom is -0.266 e. The molecule has 2 aromatic heterocycles. The first kappa shape index (κ1) is 9.79. The maximum atomic E-state index is 11.7. The van der Waals surface area contributed by atoms with Crippen LogP contribution >= 0.6 is 27.3 Å². The van der Waals surface area contributed by atoms with Gasteiger partial charge in [0.25, 0.3) is 5.56 Å². The van der Waals surface area contributed by atoms with E-state index in [-0.39, 0.29) is 5.56 Å². The number of hydrogen-bond acceptors (Lipinski definition) is 4. The van der Waals surface area contributed by atoms with Gasteiger partial charge in [-0.15, -0.1) is 0 Å². The normalized spacial score (nSPS) is 11.1. The van der Waals surface area contributed by atoms with Crippen molar-refractivity contribution in [1.82, 2.24) is 14.6 Å². The molecule has 0 aliphatic carbocycles. The first-order valence-electron chi connectivity index (χ1n) is 4.18. The largest absolute Gasteiger partial charge is 0.289 e. The van der Waals surface area contributed by atoms with Crippen molar-refractivity contribution < 1.29 is 0 Å². The molecule has 0 unspecified atom stereocenters. The highest BCUT2D eigenvalue weighted by Crippen LogP contribution is 2.15. The van der Waals surface area contributed by atoms with Crippen LogP contribution in [0.5, 0.6) is 0 Å². The van der Waals surface area contributed by atoms with E-state index in [4.69, 9.17) is 0 Å². The van der Waals surface area contributed by atoms with Crippen molar-refractivity contribution in [3.8, 4) is 0 Å². The van der Waals surface area contributed by atoms with E-state index in [1.807, 2.05) is 13.8 Å². The van der Waals surface area contributed by atoms with Crippen LogP contribution in [0.3, 0.4) is 0 Å². The van der Waals surface area contributed by atoms with Crippen LogP contribution in [0.4, 0.5) is 0 Å². The highest BCUT2D eigenvalue weighted by Gasteiger charge is 2.11. The smallest absolute Gasteiger partial charge is 0.266 e. The average molecular weight is 274 g/mol. The fourth-order valence-corrected chi connectivity index (χ4v) is 2.49. The predicted molar refractivity (Wildman–Crippen MR) is 58.9 cm³/mol. The molecule has 0 saturated heterocycles. The standard InChI is InChI=1S/C8H8BrN3OS/c1-3-5-6(9)7(13)12-8(10-5)14-4(2)11-12/h3H2,1-2H3. The molecule has 0 fully saturated rings. The summed E-state index contributed by atoms with van der Waals surface area (Å²) in [6.45, 7) is 3.83. The van der Waals surface area contributed by atoms with Crippen LogP contribution in [0.15, 0.2) is 9.27 Å². The summed E-state index contributed by atoms with van der Waals surface area (Å²) in [6, 6.07) is 0. The third kappa shape index (κ3) is 1.38. The Labute approximate surface area is 92.7 Å². The minimum atomic E-state index is -0.129. The van der Waals surface area contributed by atoms with Gasteiger partial charge < -0.3 is 0 Å². The molecule has 0 spiro atoms. The van der Waals surface area contributed by atoms with Crippen molar-refractivity contribution in [3.63, 3.8) is 0 Å². The minimum absolute atomic E-state index is 0.129. The van der Waals surface area contributed by atoms with Gasteiger partial charge in [0.1, 0.15) is 9.48 Å². The molecular formula is C8H8BrN3OS. The number of rotatable bonds is 1. The van der Waals surface area contributed by atoms with Gasteiger partial charge in [-0.25, -0.2) is 4.98 Å². The second-order valence-electron chi connectivity index (χ2n) is 2.85. The second kappa shape index (κ2) is 3.43. The van der Waals surface area contributed by atoms with Gasteiger partial charge in [-0.2, -0.15) is 9.61 Å². The molecule has 2 aromatic rings. The number of nitrogens with zero attached hydrogens (tertiary/aromatic N) is 3. The molecule has 0 bridgehead atoms. The number of hydrogen-bond donors (Lipinski definition) is 0. The van der Waals surface area contributed by atoms with Gasteiger partial charge in [0.05, 0.1) is 5.69 Å². The van der Waals surface area contributed by atoms with Crippen LogP contribution in [0.2, 0.25) is 0 Å². The summed E-state index contributed by atoms with van der Waals surface area (Å²) < 4.78 is 1.85. The molecule has 14 heavy (non-hydrogen) atoms. The van der Waals surface area contributed by atoms with Crippen LogP contribution in [-0.4, -0.2) is 14.6 Å². The van der Waals surface area contributed by atoms with E-state index in [9.17, 15) is 4.79 Å². The summed E-state index contributed by atoms with van der Waals surface area (Å²) in [5.41, 5.74) is 0.662. The lowest BCUT2D eigenvalue weighted by Crippen LogP contribution is -2.17. The fraction of sp³-hybridized carbons (Fsp3) is 0.375. The molecule has 2 rings (SSSR count). The quantitative estimate of drug-likeness (QED) is 0.796. The lowest BCUT2D eigenvalue weighted by Gasteiger charge is -1.98. The van der Waals surface area contributed by atoms with Crippen molar-refractivity contribution in [2.45, 2.75) is 20.3 Å². The topological polar surface area (TPSA) is 47.3 Å². The van der Waals surface area contributed by atoms with Crippen LogP contribution in [0.25, 0.3) is 4.96 Å². The molecule has 74 valence electrons. The first-order valence-corrected chi connectivity index (χ1v) is 5.79. The van der Waals surface area contributed by atoms with Crippen molar-refractivity contribution in [1.29, 1.82) is 0 Å². The van der Waals surface area contributed by atoms with Crippen LogP contribution in [-0.2, 0) is 6.42 Å². The lowest BCUT2D eigenvalue weighted by atomic mass is 10.3. The van der Waals surface area contributed by atoms with Crippen LogP contribution in [0.1, 0.15) is 17.6 Å². The zero-order valence-electron chi connectivity index (χ0n) is 7.74. The number of halogens is 1. The van der Waals surface area contributed by atoms with Crippen molar-refractivity contribution >= 4 is 32.2 Å². The third-order valence-corrected chi connectivity index (χ3v) is 3.48. The van der Waals surface area contributed by atoms with Gasteiger partial charge in [0.15, 0.2) is 0 Å². The van der Waals surface area contributed by atoms with E-state index in [2.05, 4.69) is 26.0 Å². The highest BCUT2D eigenvalue weighted by molar-refractivity contribution is 9.10. The summed E-state index contributed by atoms with van der Waals surface area (Å²) in [5.74, 6) is 0. The average Bonchev–Trinajstić information content (AvgIpc) is 2.52. The Kier molecular flexibility index (Phi) is 2.40. The lowest BCUT2D eigenvalue weighted by molar-refractivity contribution is 0.852. The summed E-state index contributed by atoms with van der Waals surface area (Å²) in [5, 5.41) is 4.92. The molecule has 4 nitrogen and oxygen atoms in total. The Morgan fingerprint density at radius 2 is 2.29 bits per heavy atom. The summed E-state index contributed by atoms with van der Waals surface area (Å²) >= 11 is 4.66. The van der Waals surface area contributed by atoms with Gasteiger partial charge in [-0.3, -0.25) is 4.79 Å². The Morgan fingerprint density at radius 1 is 1.57 bits per heavy atom. The Morgan fingerprint density at radius 3 is 2.93 bits per heavy atom. The molecule has 0 aliphatic heterocycles. The summed E-state index contributed by atoms with van der Waals surface area (Å²) in [6.07, 6.45) is 0.739. The zero-order valence-corrected chi connectivity index (χ0v) is 10.1. The van der Waals surface area contributed by atoms with E-state index in [0.717, 1.165) is 17.1 Å². The van der Waals surface area contributed by atoms with E-state index in [1.165, 1.54) is 15.9 Å². The van der Waals surface area contributed by atoms with Crippen molar-refractivity contribution in [3.05, 3.63) is 25.5 Å². The Hall–Kier alpha value is -0.750. The SMILES string of the molecule is CCc1nc2sc(C)nn2c(=O)c1Br. The van der Waals surface area contributed by atoms with Crippen molar-refractivity contribution in [2.24, 2.45) is 0 Å². The summed E-state index contributed by atoms with van der Waals surface area (Å²) in [4.78, 5) is 16.7. The number of aryl methyl sites for hydroxylation is 2. The van der Waals surface area contributed by atoms with E-state index in [0.29, 0.717) is 9.43 Å². The van der Waals surface area contributed by atoms with Gasteiger partial charge in [0, 0.05) is 0 Å². The molecule has 2 heterocycles. The van der Waals surface area contributed by atoms with Crippen LogP contribution in [0, 0.1) is 6.92 Å². The third-order valence-electron chi connectivity index (χ3n) is 1.86. The van der Waals surface area contributed by atoms with Gasteiger partial charge in [-0.1, -0.05) is 18.3 Å². The molecular weight excluding hydrogens is 266 g/mol. The van der Waals surface area contributed by atoms with E-state index >= 15 is 0 Å². The summed E-state index contributed by atoms with van der Waals surface area (Å²) in [7, 11) is 0. The molecule has 0 aromatic carbocycles. The fourth-order valence-electron chi connectivity index (χ4n) is 1.20. The van der Waals surface area contributed by atoms with Gasteiger partial charge in [0.2, 0.25) is 4.96 Å². The molecule has 0 N–H and O–H groups in total. The molecule has 0 saturated carbocycles. The Balaban J connectivity index is 2.91. The molecule has 0 amide bonds. The maximum absolute atomic E-state index is 11.7. The molecule has 0 radical (unpaired) electrons. The zero-order chi connectivity index (χ0) is 10.3.